The summed E-state index contributed by atoms with van der Waals surface area (Å²) in [6.07, 6.45) is 1.42. The van der Waals surface area contributed by atoms with Gasteiger partial charge in [-0.1, -0.05) is 24.0 Å². The Morgan fingerprint density at radius 2 is 2.23 bits per heavy atom. The molecule has 30 heavy (non-hydrogen) atoms. The van der Waals surface area contributed by atoms with Gasteiger partial charge in [-0.2, -0.15) is 0 Å². The smallest absolute Gasteiger partial charge is 0.366 e. The average Bonchev–Trinajstić information content (AvgIpc) is 3.07. The first-order valence-corrected chi connectivity index (χ1v) is 9.25. The van der Waals surface area contributed by atoms with Gasteiger partial charge in [-0.05, 0) is 22.9 Å². The van der Waals surface area contributed by atoms with Crippen LogP contribution in [0.2, 0.25) is 0 Å². The Hall–Kier alpha value is -3.87. The van der Waals surface area contributed by atoms with E-state index < -0.39 is 35.1 Å². The molecule has 0 bridgehead atoms. The summed E-state index contributed by atoms with van der Waals surface area (Å²) in [5.41, 5.74) is 0.370. The molecule has 0 saturated carbocycles. The molecule has 0 aliphatic carbocycles. The van der Waals surface area contributed by atoms with Gasteiger partial charge < -0.3 is 24.9 Å². The highest BCUT2D eigenvalue weighted by Gasteiger charge is 2.33. The van der Waals surface area contributed by atoms with Crippen molar-refractivity contribution in [2.45, 2.75) is 6.92 Å². The number of carbonyl (C=O) groups excluding carboxylic acids is 3. The number of carbonyl (C=O) groups is 3. The Morgan fingerprint density at radius 1 is 1.47 bits per heavy atom. The molecule has 0 aromatic carbocycles. The third-order valence-corrected chi connectivity index (χ3v) is 4.83. The van der Waals surface area contributed by atoms with Gasteiger partial charge in [0.15, 0.2) is 17.5 Å². The maximum absolute atomic E-state index is 12.4. The number of hydrogen-bond acceptors (Lipinski definition) is 10. The van der Waals surface area contributed by atoms with Crippen molar-refractivity contribution in [3.05, 3.63) is 45.5 Å². The number of fused-ring (bicyclic) bond motifs is 1. The van der Waals surface area contributed by atoms with E-state index in [4.69, 9.17) is 9.47 Å². The SMILES string of the molecule is C=CCOC(=O)c1sc(NC(=O)CN2C(=O)COc3ccc([N+](=O)[O-])nc32)nc1C. The molecule has 1 N–H and O–H groups in total. The van der Waals surface area contributed by atoms with E-state index in [2.05, 4.69) is 21.9 Å². The number of thiazole rings is 1. The molecule has 2 aromatic heterocycles. The van der Waals surface area contributed by atoms with Crippen molar-refractivity contribution in [1.82, 2.24) is 9.97 Å². The molecule has 13 heteroatoms. The van der Waals surface area contributed by atoms with Crippen molar-refractivity contribution in [3.8, 4) is 5.75 Å². The average molecular weight is 433 g/mol. The van der Waals surface area contributed by atoms with Crippen LogP contribution in [-0.2, 0) is 14.3 Å². The number of anilines is 2. The summed E-state index contributed by atoms with van der Waals surface area (Å²) < 4.78 is 10.2. The zero-order valence-electron chi connectivity index (χ0n) is 15.6. The van der Waals surface area contributed by atoms with Crippen molar-refractivity contribution in [2.75, 3.05) is 30.0 Å². The molecular weight excluding hydrogens is 418 g/mol. The van der Waals surface area contributed by atoms with Crippen molar-refractivity contribution in [1.29, 1.82) is 0 Å². The Morgan fingerprint density at radius 3 is 2.93 bits per heavy atom. The van der Waals surface area contributed by atoms with Crippen LogP contribution in [0.3, 0.4) is 0 Å². The van der Waals surface area contributed by atoms with Gasteiger partial charge in [0.25, 0.3) is 11.7 Å². The highest BCUT2D eigenvalue weighted by molar-refractivity contribution is 7.17. The molecule has 156 valence electrons. The monoisotopic (exact) mass is 433 g/mol. The van der Waals surface area contributed by atoms with Crippen LogP contribution in [0.15, 0.2) is 24.8 Å². The van der Waals surface area contributed by atoms with E-state index >= 15 is 0 Å². The van der Waals surface area contributed by atoms with Crippen LogP contribution >= 0.6 is 11.3 Å². The fourth-order valence-corrected chi connectivity index (χ4v) is 3.35. The van der Waals surface area contributed by atoms with E-state index in [9.17, 15) is 24.5 Å². The Labute approximate surface area is 173 Å². The summed E-state index contributed by atoms with van der Waals surface area (Å²) in [6, 6.07) is 2.45. The predicted octanol–water partition coefficient (Wildman–Crippen LogP) is 1.46. The first kappa shape index (κ1) is 20.9. The lowest BCUT2D eigenvalue weighted by molar-refractivity contribution is -0.389. The van der Waals surface area contributed by atoms with Crippen LogP contribution in [0.1, 0.15) is 15.4 Å². The predicted molar refractivity (Wildman–Crippen MR) is 105 cm³/mol. The molecule has 3 heterocycles. The number of nitrogens with zero attached hydrogens (tertiary/aromatic N) is 4. The Balaban J connectivity index is 1.75. The van der Waals surface area contributed by atoms with Gasteiger partial charge in [-0.3, -0.25) is 14.5 Å². The molecule has 2 amide bonds. The van der Waals surface area contributed by atoms with Gasteiger partial charge in [-0.25, -0.2) is 9.78 Å². The molecule has 0 spiro atoms. The summed E-state index contributed by atoms with van der Waals surface area (Å²) in [5, 5.41) is 13.6. The number of ether oxygens (including phenoxy) is 2. The molecule has 1 aliphatic rings. The van der Waals surface area contributed by atoms with Crippen LogP contribution in [-0.4, -0.2) is 52.4 Å². The first-order valence-electron chi connectivity index (χ1n) is 8.44. The minimum Gasteiger partial charge on any atom is -0.477 e. The number of esters is 1. The molecular formula is C17H15N5O7S. The minimum absolute atomic E-state index is 0.0373. The lowest BCUT2D eigenvalue weighted by Crippen LogP contribution is -2.44. The van der Waals surface area contributed by atoms with Gasteiger partial charge in [0.05, 0.1) is 5.69 Å². The third-order valence-electron chi connectivity index (χ3n) is 3.78. The van der Waals surface area contributed by atoms with Crippen molar-refractivity contribution < 1.29 is 28.8 Å². The van der Waals surface area contributed by atoms with Crippen LogP contribution < -0.4 is 15.0 Å². The molecule has 0 fully saturated rings. The summed E-state index contributed by atoms with van der Waals surface area (Å²) in [7, 11) is 0. The second kappa shape index (κ2) is 8.65. The minimum atomic E-state index is -0.719. The van der Waals surface area contributed by atoms with Crippen molar-refractivity contribution in [3.63, 3.8) is 0 Å². The summed E-state index contributed by atoms with van der Waals surface area (Å²) in [6.45, 7) is 4.27. The standard InChI is InChI=1S/C17H15N5O7S/c1-3-6-28-16(25)14-9(2)18-17(30-14)20-12(23)7-21-13(24)8-29-10-4-5-11(22(26)27)19-15(10)21/h3-5H,1,6-8H2,2H3,(H,18,20,23). The number of amides is 2. The molecule has 1 aliphatic heterocycles. The zero-order valence-corrected chi connectivity index (χ0v) is 16.4. The fourth-order valence-electron chi connectivity index (χ4n) is 2.47. The van der Waals surface area contributed by atoms with Gasteiger partial charge in [0.1, 0.15) is 18.0 Å². The lowest BCUT2D eigenvalue weighted by Gasteiger charge is -2.24. The van der Waals surface area contributed by atoms with Crippen LogP contribution in [0.25, 0.3) is 0 Å². The molecule has 0 unspecified atom stereocenters. The molecule has 3 rings (SSSR count). The molecule has 2 aromatic rings. The highest BCUT2D eigenvalue weighted by atomic mass is 32.1. The Bertz CT molecular complexity index is 1050. The molecule has 12 nitrogen and oxygen atoms in total. The summed E-state index contributed by atoms with van der Waals surface area (Å²) >= 11 is 0.916. The quantitative estimate of drug-likeness (QED) is 0.296. The first-order chi connectivity index (χ1) is 14.3. The van der Waals surface area contributed by atoms with Gasteiger partial charge >= 0.3 is 11.8 Å². The number of aromatic nitrogens is 2. The zero-order chi connectivity index (χ0) is 21.8. The molecule has 0 radical (unpaired) electrons. The number of aryl methyl sites for hydroxylation is 1. The van der Waals surface area contributed by atoms with Gasteiger partial charge in [-0.15, -0.1) is 0 Å². The van der Waals surface area contributed by atoms with E-state index in [1.807, 2.05) is 0 Å². The fraction of sp³-hybridized carbons (Fsp3) is 0.235. The second-order valence-corrected chi connectivity index (χ2v) is 6.88. The number of rotatable bonds is 7. The number of nitro groups is 1. The van der Waals surface area contributed by atoms with Crippen LogP contribution in [0.5, 0.6) is 5.75 Å². The van der Waals surface area contributed by atoms with Crippen LogP contribution in [0.4, 0.5) is 16.8 Å². The van der Waals surface area contributed by atoms with Crippen molar-refractivity contribution >= 4 is 45.9 Å². The van der Waals surface area contributed by atoms with Crippen molar-refractivity contribution in [2.24, 2.45) is 0 Å². The van der Waals surface area contributed by atoms with E-state index in [0.717, 1.165) is 22.3 Å². The normalized spacial score (nSPS) is 12.6. The number of hydrogen-bond donors (Lipinski definition) is 1. The maximum Gasteiger partial charge on any atom is 0.366 e. The second-order valence-electron chi connectivity index (χ2n) is 5.89. The van der Waals surface area contributed by atoms with E-state index in [1.54, 1.807) is 6.92 Å². The van der Waals surface area contributed by atoms with Crippen LogP contribution in [0, 0.1) is 17.0 Å². The molecule has 0 saturated heterocycles. The third kappa shape index (κ3) is 4.41. The van der Waals surface area contributed by atoms with E-state index in [0.29, 0.717) is 5.69 Å². The topological polar surface area (TPSA) is 154 Å². The maximum atomic E-state index is 12.4. The lowest BCUT2D eigenvalue weighted by atomic mass is 10.3. The number of nitrogens with one attached hydrogen (secondary N) is 1. The largest absolute Gasteiger partial charge is 0.477 e. The van der Waals surface area contributed by atoms with E-state index in [1.165, 1.54) is 12.1 Å². The van der Waals surface area contributed by atoms with Gasteiger partial charge in [0, 0.05) is 6.07 Å². The number of pyridine rings is 1. The van der Waals surface area contributed by atoms with Gasteiger partial charge in [0.2, 0.25) is 5.91 Å². The Kier molecular flexibility index (Phi) is 6.01. The highest BCUT2D eigenvalue weighted by Crippen LogP contribution is 2.32. The summed E-state index contributed by atoms with van der Waals surface area (Å²) in [4.78, 5) is 56.0. The molecule has 0 atom stereocenters. The van der Waals surface area contributed by atoms with E-state index in [-0.39, 0.29) is 34.8 Å². The summed E-state index contributed by atoms with van der Waals surface area (Å²) in [5.74, 6) is -2.29.